The molecule has 3 aromatic carbocycles. The lowest BCUT2D eigenvalue weighted by atomic mass is 10.2. The van der Waals surface area contributed by atoms with E-state index in [9.17, 15) is 9.59 Å². The van der Waals surface area contributed by atoms with E-state index in [0.29, 0.717) is 16.3 Å². The topological polar surface area (TPSA) is 70.2 Å². The molecule has 28 heavy (non-hydrogen) atoms. The molecule has 0 spiro atoms. The van der Waals surface area contributed by atoms with E-state index in [-0.39, 0.29) is 24.8 Å². The summed E-state index contributed by atoms with van der Waals surface area (Å²) in [6.45, 7) is 0.226. The van der Waals surface area contributed by atoms with Gasteiger partial charge in [-0.05, 0) is 48.5 Å². The molecule has 3 aromatic rings. The summed E-state index contributed by atoms with van der Waals surface area (Å²) in [6.07, 6.45) is 0.167. The second-order valence-electron chi connectivity index (χ2n) is 6.10. The lowest BCUT2D eigenvalue weighted by molar-refractivity contribution is -0.116. The lowest BCUT2D eigenvalue weighted by Crippen LogP contribution is -2.27. The van der Waals surface area contributed by atoms with Gasteiger partial charge in [-0.15, -0.1) is 0 Å². The van der Waals surface area contributed by atoms with Gasteiger partial charge in [0.1, 0.15) is 0 Å². The summed E-state index contributed by atoms with van der Waals surface area (Å²) < 4.78 is 0. The van der Waals surface area contributed by atoms with E-state index in [2.05, 4.69) is 16.0 Å². The van der Waals surface area contributed by atoms with Gasteiger partial charge < -0.3 is 16.0 Å². The predicted octanol–water partition coefficient (Wildman–Crippen LogP) is 4.84. The van der Waals surface area contributed by atoms with Gasteiger partial charge in [-0.2, -0.15) is 0 Å². The first-order chi connectivity index (χ1) is 13.6. The minimum atomic E-state index is -0.297. The predicted molar refractivity (Wildman–Crippen MR) is 113 cm³/mol. The van der Waals surface area contributed by atoms with Crippen molar-refractivity contribution in [2.75, 3.05) is 17.2 Å². The maximum absolute atomic E-state index is 12.1. The van der Waals surface area contributed by atoms with Gasteiger partial charge in [-0.25, -0.2) is 0 Å². The molecule has 0 aliphatic rings. The summed E-state index contributed by atoms with van der Waals surface area (Å²) in [7, 11) is 0. The van der Waals surface area contributed by atoms with Gasteiger partial charge in [-0.3, -0.25) is 9.59 Å². The Kier molecular flexibility index (Phi) is 6.65. The Balaban J connectivity index is 1.44. The number of carbonyl (C=O) groups is 2. The van der Waals surface area contributed by atoms with Crippen molar-refractivity contribution in [3.63, 3.8) is 0 Å². The number of para-hydroxylation sites is 1. The van der Waals surface area contributed by atoms with Crippen molar-refractivity contribution in [1.82, 2.24) is 5.32 Å². The number of halogens is 1. The van der Waals surface area contributed by atoms with Crippen molar-refractivity contribution in [3.05, 3.63) is 89.4 Å². The van der Waals surface area contributed by atoms with Gasteiger partial charge in [0.15, 0.2) is 0 Å². The Hall–Kier alpha value is -3.31. The van der Waals surface area contributed by atoms with Crippen LogP contribution in [0.25, 0.3) is 0 Å². The second kappa shape index (κ2) is 9.58. The summed E-state index contributed by atoms with van der Waals surface area (Å²) in [4.78, 5) is 24.1. The molecule has 0 heterocycles. The van der Waals surface area contributed by atoms with Crippen LogP contribution in [-0.4, -0.2) is 18.4 Å². The highest BCUT2D eigenvalue weighted by molar-refractivity contribution is 6.33. The molecular formula is C22H20ClN3O2. The molecule has 0 atom stereocenters. The fourth-order valence-electron chi connectivity index (χ4n) is 2.58. The van der Waals surface area contributed by atoms with E-state index in [0.717, 1.165) is 11.4 Å². The molecule has 142 valence electrons. The highest BCUT2D eigenvalue weighted by atomic mass is 35.5. The van der Waals surface area contributed by atoms with E-state index in [4.69, 9.17) is 11.6 Å². The van der Waals surface area contributed by atoms with Gasteiger partial charge in [0, 0.05) is 30.0 Å². The molecule has 6 heteroatoms. The third-order valence-electron chi connectivity index (χ3n) is 3.99. The molecule has 3 N–H and O–H groups in total. The van der Waals surface area contributed by atoms with Gasteiger partial charge in [-0.1, -0.05) is 41.9 Å². The largest absolute Gasteiger partial charge is 0.356 e. The second-order valence-corrected chi connectivity index (χ2v) is 6.51. The third kappa shape index (κ3) is 5.59. The summed E-state index contributed by atoms with van der Waals surface area (Å²) in [5.74, 6) is -0.474. The summed E-state index contributed by atoms with van der Waals surface area (Å²) in [5.41, 5.74) is 3.01. The number of hydrogen-bond acceptors (Lipinski definition) is 3. The number of nitrogens with one attached hydrogen (secondary N) is 3. The van der Waals surface area contributed by atoms with Crippen LogP contribution in [0, 0.1) is 0 Å². The number of benzene rings is 3. The fraction of sp³-hybridized carbons (Fsp3) is 0.0909. The van der Waals surface area contributed by atoms with E-state index >= 15 is 0 Å². The molecule has 0 unspecified atom stereocenters. The van der Waals surface area contributed by atoms with Crippen LogP contribution in [0.1, 0.15) is 16.8 Å². The minimum Gasteiger partial charge on any atom is -0.356 e. The van der Waals surface area contributed by atoms with Crippen molar-refractivity contribution in [1.29, 1.82) is 0 Å². The molecule has 0 aromatic heterocycles. The molecule has 0 radical (unpaired) electrons. The van der Waals surface area contributed by atoms with Gasteiger partial charge in [0.25, 0.3) is 5.91 Å². The van der Waals surface area contributed by atoms with Crippen LogP contribution in [0.15, 0.2) is 78.9 Å². The first-order valence-corrected chi connectivity index (χ1v) is 9.24. The molecule has 3 rings (SSSR count). The number of amides is 2. The quantitative estimate of drug-likeness (QED) is 0.537. The number of carbonyl (C=O) groups excluding carboxylic acids is 2. The van der Waals surface area contributed by atoms with Crippen LogP contribution in [-0.2, 0) is 4.79 Å². The monoisotopic (exact) mass is 393 g/mol. The first kappa shape index (κ1) is 19.5. The molecule has 0 saturated heterocycles. The smallest absolute Gasteiger partial charge is 0.252 e. The van der Waals surface area contributed by atoms with Crippen molar-refractivity contribution >= 4 is 40.5 Å². The maximum Gasteiger partial charge on any atom is 0.252 e. The van der Waals surface area contributed by atoms with Crippen LogP contribution in [0.2, 0.25) is 5.02 Å². The summed E-state index contributed by atoms with van der Waals surface area (Å²) in [6, 6.07) is 24.1. The number of hydrogen-bond donors (Lipinski definition) is 3. The molecule has 0 fully saturated rings. The van der Waals surface area contributed by atoms with E-state index < -0.39 is 0 Å². The van der Waals surface area contributed by atoms with Crippen LogP contribution < -0.4 is 16.0 Å². The molecular weight excluding hydrogens is 374 g/mol. The molecule has 0 saturated carbocycles. The zero-order chi connectivity index (χ0) is 19.8. The zero-order valence-electron chi connectivity index (χ0n) is 15.1. The van der Waals surface area contributed by atoms with Crippen molar-refractivity contribution in [3.8, 4) is 0 Å². The van der Waals surface area contributed by atoms with Crippen LogP contribution in [0.5, 0.6) is 0 Å². The Labute approximate surface area is 168 Å². The highest BCUT2D eigenvalue weighted by Crippen LogP contribution is 2.19. The fourth-order valence-corrected chi connectivity index (χ4v) is 2.80. The Morgan fingerprint density at radius 3 is 2.07 bits per heavy atom. The Morgan fingerprint density at radius 1 is 0.750 bits per heavy atom. The van der Waals surface area contributed by atoms with E-state index in [1.165, 1.54) is 0 Å². The average molecular weight is 394 g/mol. The number of rotatable bonds is 7. The van der Waals surface area contributed by atoms with Crippen molar-refractivity contribution in [2.24, 2.45) is 0 Å². The third-order valence-corrected chi connectivity index (χ3v) is 4.32. The minimum absolute atomic E-state index is 0.167. The van der Waals surface area contributed by atoms with Crippen molar-refractivity contribution in [2.45, 2.75) is 6.42 Å². The SMILES string of the molecule is O=C(CCNC(=O)c1ccccc1Cl)Nc1ccc(Nc2ccccc2)cc1. The van der Waals surface area contributed by atoms with Crippen molar-refractivity contribution < 1.29 is 9.59 Å². The van der Waals surface area contributed by atoms with E-state index in [1.807, 2.05) is 54.6 Å². The summed E-state index contributed by atoms with van der Waals surface area (Å²) >= 11 is 5.99. The molecule has 0 bridgehead atoms. The van der Waals surface area contributed by atoms with Crippen LogP contribution in [0.4, 0.5) is 17.1 Å². The Morgan fingerprint density at radius 2 is 1.36 bits per heavy atom. The Bertz CT molecular complexity index is 944. The van der Waals surface area contributed by atoms with Gasteiger partial charge in [0.05, 0.1) is 10.6 Å². The first-order valence-electron chi connectivity index (χ1n) is 8.86. The van der Waals surface area contributed by atoms with E-state index in [1.54, 1.807) is 24.3 Å². The molecule has 2 amide bonds. The molecule has 0 aliphatic carbocycles. The zero-order valence-corrected chi connectivity index (χ0v) is 15.9. The normalized spacial score (nSPS) is 10.2. The molecule has 5 nitrogen and oxygen atoms in total. The van der Waals surface area contributed by atoms with Gasteiger partial charge >= 0.3 is 0 Å². The molecule has 0 aliphatic heterocycles. The standard InChI is InChI=1S/C22H20ClN3O2/c23-20-9-5-4-8-19(20)22(28)24-15-14-21(27)26-18-12-10-17(11-13-18)25-16-6-2-1-3-7-16/h1-13,25H,14-15H2,(H,24,28)(H,26,27). The highest BCUT2D eigenvalue weighted by Gasteiger charge is 2.10. The number of anilines is 3. The lowest BCUT2D eigenvalue weighted by Gasteiger charge is -2.09. The van der Waals surface area contributed by atoms with Crippen LogP contribution >= 0.6 is 11.6 Å². The summed E-state index contributed by atoms with van der Waals surface area (Å²) in [5, 5.41) is 9.18. The maximum atomic E-state index is 12.1. The average Bonchev–Trinajstić information content (AvgIpc) is 2.70. The van der Waals surface area contributed by atoms with Gasteiger partial charge in [0.2, 0.25) is 5.91 Å². The van der Waals surface area contributed by atoms with Crippen LogP contribution in [0.3, 0.4) is 0 Å².